The van der Waals surface area contributed by atoms with Crippen molar-refractivity contribution in [3.8, 4) is 5.75 Å². The standard InChI is InChI=1S/C34H36N6O4S/c1-43-13-14-44-25-6-4-5-22(15-25)18-37-11-9-24(20-37)39-21-31(41)40-29(34(39)42)16-27-26-7-2-3-8-28(26)36-32(27)33(40)38-12-10-30-23(19-38)17-35-45-30/h2-8,10,15,17,19,24,29,33,36H,9,11-14,16,18,20-21H2,1H3/t24-,29-,33-/m1/s1. The van der Waals surface area contributed by atoms with Crippen LogP contribution in [0.1, 0.15) is 29.4 Å². The Labute approximate surface area is 265 Å². The number of H-pyrrole nitrogens is 1. The first-order chi connectivity index (χ1) is 22.1. The van der Waals surface area contributed by atoms with Crippen molar-refractivity contribution in [2.75, 3.05) is 46.5 Å². The number of aromatic amines is 1. The van der Waals surface area contributed by atoms with Gasteiger partial charge < -0.3 is 29.2 Å². The summed E-state index contributed by atoms with van der Waals surface area (Å²) in [5.41, 5.74) is 4.32. The second kappa shape index (κ2) is 11.6. The van der Waals surface area contributed by atoms with Gasteiger partial charge in [-0.15, -0.1) is 0 Å². The van der Waals surface area contributed by atoms with Gasteiger partial charge in [-0.1, -0.05) is 30.3 Å². The van der Waals surface area contributed by atoms with Crippen LogP contribution in [-0.2, 0) is 27.3 Å². The summed E-state index contributed by atoms with van der Waals surface area (Å²) in [4.78, 5) is 40.5. The lowest BCUT2D eigenvalue weighted by Gasteiger charge is -2.50. The molecule has 10 nitrogen and oxygen atoms in total. The molecule has 4 aliphatic rings. The molecule has 0 unspecified atom stereocenters. The number of rotatable bonds is 8. The topological polar surface area (TPSA) is 94.2 Å². The summed E-state index contributed by atoms with van der Waals surface area (Å²) < 4.78 is 16.4. The summed E-state index contributed by atoms with van der Waals surface area (Å²) in [7, 11) is 1.66. The van der Waals surface area contributed by atoms with Crippen LogP contribution < -0.4 is 14.5 Å². The third kappa shape index (κ3) is 5.08. The van der Waals surface area contributed by atoms with Crippen molar-refractivity contribution in [1.82, 2.24) is 29.0 Å². The molecule has 0 bridgehead atoms. The Morgan fingerprint density at radius 2 is 2.02 bits per heavy atom. The lowest BCUT2D eigenvalue weighted by Crippen LogP contribution is -2.66. The summed E-state index contributed by atoms with van der Waals surface area (Å²) in [6, 6.07) is 15.8. The van der Waals surface area contributed by atoms with E-state index in [0.717, 1.165) is 63.7 Å². The second-order valence-corrected chi connectivity index (χ2v) is 13.1. The van der Waals surface area contributed by atoms with Gasteiger partial charge in [-0.25, -0.2) is 0 Å². The van der Waals surface area contributed by atoms with E-state index in [4.69, 9.17) is 9.47 Å². The molecule has 0 spiro atoms. The third-order valence-corrected chi connectivity index (χ3v) is 10.4. The molecule has 4 aliphatic heterocycles. The lowest BCUT2D eigenvalue weighted by atomic mass is 9.90. The molecule has 2 aromatic heterocycles. The van der Waals surface area contributed by atoms with E-state index < -0.39 is 12.2 Å². The van der Waals surface area contributed by atoms with Crippen molar-refractivity contribution in [2.24, 2.45) is 0 Å². The Kier molecular flexibility index (Phi) is 7.31. The van der Waals surface area contributed by atoms with Crippen molar-refractivity contribution in [3.63, 3.8) is 0 Å². The zero-order chi connectivity index (χ0) is 30.5. The molecule has 11 heteroatoms. The summed E-state index contributed by atoms with van der Waals surface area (Å²) in [5, 5.41) is 2.16. The highest BCUT2D eigenvalue weighted by Crippen LogP contribution is 2.42. The van der Waals surface area contributed by atoms with E-state index in [9.17, 15) is 9.59 Å². The quantitative estimate of drug-likeness (QED) is 0.300. The highest BCUT2D eigenvalue weighted by molar-refractivity contribution is 7.03. The van der Waals surface area contributed by atoms with Gasteiger partial charge in [0.25, 0.3) is 0 Å². The van der Waals surface area contributed by atoms with Gasteiger partial charge >= 0.3 is 0 Å². The summed E-state index contributed by atoms with van der Waals surface area (Å²) in [5.74, 6) is 0.876. The molecule has 2 fully saturated rings. The number of piperazine rings is 1. The average molecular weight is 625 g/mol. The zero-order valence-corrected chi connectivity index (χ0v) is 26.0. The number of amides is 2. The van der Waals surface area contributed by atoms with Crippen molar-refractivity contribution >= 4 is 46.5 Å². The fraction of sp³-hybridized carbons (Fsp3) is 0.382. The molecule has 232 valence electrons. The van der Waals surface area contributed by atoms with Crippen molar-refractivity contribution in [2.45, 2.75) is 37.6 Å². The van der Waals surface area contributed by atoms with Gasteiger partial charge in [0.2, 0.25) is 11.8 Å². The minimum atomic E-state index is -0.548. The molecule has 0 saturated carbocycles. The van der Waals surface area contributed by atoms with Gasteiger partial charge in [0.05, 0.1) is 16.8 Å². The van der Waals surface area contributed by atoms with Gasteiger partial charge in [0, 0.05) is 74.3 Å². The predicted octanol–water partition coefficient (Wildman–Crippen LogP) is 2.05. The minimum Gasteiger partial charge on any atom is -0.491 e. The second-order valence-electron chi connectivity index (χ2n) is 12.3. The molecule has 2 saturated heterocycles. The van der Waals surface area contributed by atoms with Crippen molar-refractivity contribution < 1.29 is 19.1 Å². The summed E-state index contributed by atoms with van der Waals surface area (Å²) in [6.45, 7) is 4.18. The van der Waals surface area contributed by atoms with E-state index >= 15 is 0 Å². The molecule has 8 rings (SSSR count). The molecule has 4 aromatic rings. The molecule has 0 aliphatic carbocycles. The zero-order valence-electron chi connectivity index (χ0n) is 25.2. The van der Waals surface area contributed by atoms with Crippen molar-refractivity contribution in [1.29, 1.82) is 0 Å². The largest absolute Gasteiger partial charge is 0.491 e. The van der Waals surface area contributed by atoms with Gasteiger partial charge in [-0.05, 0) is 53.4 Å². The maximum Gasteiger partial charge on any atom is 0.246 e. The van der Waals surface area contributed by atoms with Gasteiger partial charge in [0.1, 0.15) is 31.1 Å². The Balaban J connectivity index is 1.05. The van der Waals surface area contributed by atoms with E-state index in [1.165, 1.54) is 17.1 Å². The number of nitrogens with one attached hydrogen (secondary N) is 1. The van der Waals surface area contributed by atoms with E-state index in [0.29, 0.717) is 26.2 Å². The van der Waals surface area contributed by atoms with Gasteiger partial charge in [0.15, 0.2) is 0 Å². The van der Waals surface area contributed by atoms with Crippen LogP contribution in [-0.4, -0.2) is 99.4 Å². The first-order valence-electron chi connectivity index (χ1n) is 15.6. The Morgan fingerprint density at radius 3 is 2.93 bits per heavy atom. The Morgan fingerprint density at radius 1 is 1.11 bits per heavy atom. The maximum atomic E-state index is 14.4. The normalized spacial score (nSPS) is 23.0. The van der Waals surface area contributed by atoms with Crippen LogP contribution in [0.2, 0.25) is 0 Å². The van der Waals surface area contributed by atoms with Crippen LogP contribution in [0.3, 0.4) is 0 Å². The van der Waals surface area contributed by atoms with Gasteiger partial charge in [-0.3, -0.25) is 14.5 Å². The number of hydrogen-bond donors (Lipinski definition) is 1. The lowest BCUT2D eigenvalue weighted by molar-refractivity contribution is -0.165. The smallest absolute Gasteiger partial charge is 0.246 e. The number of ether oxygens (including phenoxy) is 2. The molecule has 2 amide bonds. The molecular formula is C34H36N6O4S. The molecule has 2 aromatic carbocycles. The number of nitrogens with zero attached hydrogens (tertiary/aromatic N) is 5. The van der Waals surface area contributed by atoms with Gasteiger partial charge in [-0.2, -0.15) is 4.37 Å². The minimum absolute atomic E-state index is 0.00173. The van der Waals surface area contributed by atoms with E-state index in [1.54, 1.807) is 7.11 Å². The third-order valence-electron chi connectivity index (χ3n) is 9.55. The molecule has 6 heterocycles. The number of carbonyl (C=O) groups is 2. The fourth-order valence-corrected chi connectivity index (χ4v) is 8.09. The van der Waals surface area contributed by atoms with E-state index in [2.05, 4.69) is 55.7 Å². The number of benzene rings is 2. The molecule has 0 radical (unpaired) electrons. The first-order valence-corrected chi connectivity index (χ1v) is 16.4. The number of methoxy groups -OCH3 is 1. The highest BCUT2D eigenvalue weighted by atomic mass is 32.1. The van der Waals surface area contributed by atoms with Crippen LogP contribution in [0.15, 0.2) is 54.7 Å². The van der Waals surface area contributed by atoms with E-state index in [1.807, 2.05) is 40.3 Å². The first kappa shape index (κ1) is 28.3. The number of fused-ring (bicyclic) bond motifs is 5. The molecule has 45 heavy (non-hydrogen) atoms. The predicted molar refractivity (Wildman–Crippen MR) is 172 cm³/mol. The summed E-state index contributed by atoms with van der Waals surface area (Å²) in [6.07, 6.45) is 7.09. The van der Waals surface area contributed by atoms with E-state index in [-0.39, 0.29) is 24.4 Å². The highest BCUT2D eigenvalue weighted by Gasteiger charge is 2.51. The molecular weight excluding hydrogens is 588 g/mol. The SMILES string of the molecule is COCCOc1cccc(CN2CC[C@@H](N3CC(=O)N4[C@H](Cc5c([nH]c6ccccc56)[C@@H]4N4C=c5cnsc5=CC4)C3=O)C2)c1. The Bertz CT molecular complexity index is 1890. The van der Waals surface area contributed by atoms with Crippen LogP contribution in [0.5, 0.6) is 5.75 Å². The number of aromatic nitrogens is 2. The summed E-state index contributed by atoms with van der Waals surface area (Å²) >= 11 is 1.48. The van der Waals surface area contributed by atoms with Crippen LogP contribution in [0.4, 0.5) is 0 Å². The van der Waals surface area contributed by atoms with Crippen LogP contribution in [0.25, 0.3) is 23.2 Å². The number of hydrogen-bond acceptors (Lipinski definition) is 8. The number of carbonyl (C=O) groups excluding carboxylic acids is 2. The van der Waals surface area contributed by atoms with Crippen LogP contribution >= 0.6 is 11.5 Å². The average Bonchev–Trinajstić information content (AvgIpc) is 3.80. The van der Waals surface area contributed by atoms with Crippen molar-refractivity contribution in [3.05, 3.63) is 81.3 Å². The molecule has 1 N–H and O–H groups in total. The maximum absolute atomic E-state index is 14.4. The fourth-order valence-electron chi connectivity index (χ4n) is 7.45. The Hall–Kier alpha value is -4.19. The number of likely N-dealkylation sites (tertiary alicyclic amines) is 1. The molecule has 3 atom stereocenters. The number of para-hydroxylation sites is 1. The van der Waals surface area contributed by atoms with Crippen LogP contribution in [0, 0.1) is 0 Å². The monoisotopic (exact) mass is 624 g/mol.